The quantitative estimate of drug-likeness (QED) is 0.836. The fourth-order valence-corrected chi connectivity index (χ4v) is 1.47. The van der Waals surface area contributed by atoms with Gasteiger partial charge in [-0.2, -0.15) is 5.10 Å². The van der Waals surface area contributed by atoms with Crippen molar-refractivity contribution in [1.82, 2.24) is 9.78 Å². The lowest BCUT2D eigenvalue weighted by Crippen LogP contribution is -2.07. The zero-order valence-corrected chi connectivity index (χ0v) is 9.67. The molecule has 0 aromatic carbocycles. The molecule has 0 aliphatic rings. The van der Waals surface area contributed by atoms with E-state index in [2.05, 4.69) is 21.0 Å². The first-order chi connectivity index (χ1) is 6.61. The van der Waals surface area contributed by atoms with Gasteiger partial charge in [0.2, 0.25) is 0 Å². The summed E-state index contributed by atoms with van der Waals surface area (Å²) in [6, 6.07) is 0. The van der Waals surface area contributed by atoms with Crippen LogP contribution in [0.4, 0.5) is 5.82 Å². The molecule has 0 bridgehead atoms. The standard InChI is InChI=1S/C8H12BrN3O2/c1-3-12-7(10)5(9)6(11-12)8(13)14-4-2/h3-4,10H2,1-2H3. The minimum atomic E-state index is -0.460. The Morgan fingerprint density at radius 1 is 1.64 bits per heavy atom. The third kappa shape index (κ3) is 1.89. The molecule has 0 fully saturated rings. The van der Waals surface area contributed by atoms with E-state index in [4.69, 9.17) is 10.5 Å². The molecule has 0 aliphatic carbocycles. The Hall–Kier alpha value is -1.04. The van der Waals surface area contributed by atoms with Crippen molar-refractivity contribution in [3.8, 4) is 0 Å². The van der Waals surface area contributed by atoms with Crippen LogP contribution < -0.4 is 5.73 Å². The van der Waals surface area contributed by atoms with Crippen LogP contribution in [-0.2, 0) is 11.3 Å². The van der Waals surface area contributed by atoms with Gasteiger partial charge in [0.05, 0.1) is 11.1 Å². The van der Waals surface area contributed by atoms with E-state index in [1.165, 1.54) is 4.68 Å². The molecule has 1 heterocycles. The first kappa shape index (κ1) is 11.0. The van der Waals surface area contributed by atoms with Crippen LogP contribution in [0.3, 0.4) is 0 Å². The lowest BCUT2D eigenvalue weighted by molar-refractivity contribution is 0.0517. The van der Waals surface area contributed by atoms with Gasteiger partial charge in [-0.3, -0.25) is 0 Å². The van der Waals surface area contributed by atoms with Crippen molar-refractivity contribution in [2.45, 2.75) is 20.4 Å². The number of hydrogen-bond donors (Lipinski definition) is 1. The molecule has 78 valence electrons. The molecule has 5 nitrogen and oxygen atoms in total. The molecular weight excluding hydrogens is 250 g/mol. The number of rotatable bonds is 3. The summed E-state index contributed by atoms with van der Waals surface area (Å²) in [5.41, 5.74) is 5.92. The molecule has 0 saturated heterocycles. The molecule has 1 aromatic heterocycles. The maximum atomic E-state index is 11.4. The number of carbonyl (C=O) groups excluding carboxylic acids is 1. The van der Waals surface area contributed by atoms with Gasteiger partial charge in [0.1, 0.15) is 5.82 Å². The number of esters is 1. The Labute approximate surface area is 90.3 Å². The average molecular weight is 262 g/mol. The molecule has 1 aromatic rings. The fraction of sp³-hybridized carbons (Fsp3) is 0.500. The molecule has 0 radical (unpaired) electrons. The van der Waals surface area contributed by atoms with Crippen molar-refractivity contribution in [3.63, 3.8) is 0 Å². The molecular formula is C8H12BrN3O2. The summed E-state index contributed by atoms with van der Waals surface area (Å²) in [7, 11) is 0. The number of nitrogens with two attached hydrogens (primary N) is 1. The highest BCUT2D eigenvalue weighted by Crippen LogP contribution is 2.24. The minimum absolute atomic E-state index is 0.228. The monoisotopic (exact) mass is 261 g/mol. The third-order valence-corrected chi connectivity index (χ3v) is 2.48. The minimum Gasteiger partial charge on any atom is -0.461 e. The summed E-state index contributed by atoms with van der Waals surface area (Å²) in [4.78, 5) is 11.4. The zero-order chi connectivity index (χ0) is 10.7. The first-order valence-corrected chi connectivity index (χ1v) is 5.10. The Balaban J connectivity index is 3.04. The predicted molar refractivity (Wildman–Crippen MR) is 56.0 cm³/mol. The number of aryl methyl sites for hydroxylation is 1. The number of hydrogen-bond acceptors (Lipinski definition) is 4. The maximum absolute atomic E-state index is 11.4. The van der Waals surface area contributed by atoms with Gasteiger partial charge in [-0.1, -0.05) is 0 Å². The molecule has 0 atom stereocenters. The van der Waals surface area contributed by atoms with E-state index < -0.39 is 5.97 Å². The number of anilines is 1. The summed E-state index contributed by atoms with van der Waals surface area (Å²) in [6.45, 7) is 4.57. The highest BCUT2D eigenvalue weighted by Gasteiger charge is 2.19. The van der Waals surface area contributed by atoms with E-state index in [1.807, 2.05) is 6.92 Å². The van der Waals surface area contributed by atoms with Crippen LogP contribution in [0.5, 0.6) is 0 Å². The summed E-state index contributed by atoms with van der Waals surface area (Å²) >= 11 is 3.20. The van der Waals surface area contributed by atoms with Crippen molar-refractivity contribution < 1.29 is 9.53 Å². The highest BCUT2D eigenvalue weighted by atomic mass is 79.9. The van der Waals surface area contributed by atoms with Crippen molar-refractivity contribution in [3.05, 3.63) is 10.2 Å². The first-order valence-electron chi connectivity index (χ1n) is 4.30. The molecule has 0 saturated carbocycles. The van der Waals surface area contributed by atoms with Crippen LogP contribution in [0, 0.1) is 0 Å². The molecule has 0 amide bonds. The van der Waals surface area contributed by atoms with Crippen LogP contribution >= 0.6 is 15.9 Å². The predicted octanol–water partition coefficient (Wildman–Crippen LogP) is 1.42. The second-order valence-corrected chi connectivity index (χ2v) is 3.38. The molecule has 6 heteroatoms. The summed E-state index contributed by atoms with van der Waals surface area (Å²) < 4.78 is 6.86. The SMILES string of the molecule is CCOC(=O)c1nn(CC)c(N)c1Br. The zero-order valence-electron chi connectivity index (χ0n) is 8.08. The number of nitrogen functional groups attached to an aromatic ring is 1. The molecule has 14 heavy (non-hydrogen) atoms. The normalized spacial score (nSPS) is 10.2. The second kappa shape index (κ2) is 4.45. The Morgan fingerprint density at radius 3 is 2.71 bits per heavy atom. The molecule has 1 rings (SSSR count). The lowest BCUT2D eigenvalue weighted by atomic mass is 10.4. The molecule has 0 aliphatic heterocycles. The van der Waals surface area contributed by atoms with Crippen LogP contribution in [0.25, 0.3) is 0 Å². The third-order valence-electron chi connectivity index (χ3n) is 1.70. The topological polar surface area (TPSA) is 70.1 Å². The lowest BCUT2D eigenvalue weighted by Gasteiger charge is -1.97. The number of ether oxygens (including phenoxy) is 1. The number of halogens is 1. The Morgan fingerprint density at radius 2 is 2.29 bits per heavy atom. The Kier molecular flexibility index (Phi) is 3.51. The van der Waals surface area contributed by atoms with Gasteiger partial charge >= 0.3 is 5.97 Å². The average Bonchev–Trinajstić information content (AvgIpc) is 2.44. The van der Waals surface area contributed by atoms with Gasteiger partial charge < -0.3 is 10.5 Å². The van der Waals surface area contributed by atoms with E-state index >= 15 is 0 Å². The van der Waals surface area contributed by atoms with Gasteiger partial charge in [0.15, 0.2) is 5.69 Å². The van der Waals surface area contributed by atoms with Crippen molar-refractivity contribution in [1.29, 1.82) is 0 Å². The van der Waals surface area contributed by atoms with Gasteiger partial charge in [-0.25, -0.2) is 9.48 Å². The smallest absolute Gasteiger partial charge is 0.360 e. The van der Waals surface area contributed by atoms with Gasteiger partial charge in [-0.05, 0) is 29.8 Å². The van der Waals surface area contributed by atoms with Gasteiger partial charge in [0.25, 0.3) is 0 Å². The second-order valence-electron chi connectivity index (χ2n) is 2.58. The summed E-state index contributed by atoms with van der Waals surface area (Å²) in [6.07, 6.45) is 0. The van der Waals surface area contributed by atoms with Crippen LogP contribution in [0.15, 0.2) is 4.47 Å². The molecule has 0 unspecified atom stereocenters. The number of aromatic nitrogens is 2. The van der Waals surface area contributed by atoms with Crippen LogP contribution in [-0.4, -0.2) is 22.4 Å². The summed E-state index contributed by atoms with van der Waals surface area (Å²) in [5.74, 6) is -0.0196. The van der Waals surface area contributed by atoms with Crippen molar-refractivity contribution >= 4 is 27.7 Å². The summed E-state index contributed by atoms with van der Waals surface area (Å²) in [5, 5.41) is 4.02. The van der Waals surface area contributed by atoms with Crippen LogP contribution in [0.2, 0.25) is 0 Å². The number of carbonyl (C=O) groups is 1. The van der Waals surface area contributed by atoms with E-state index in [9.17, 15) is 4.79 Å². The van der Waals surface area contributed by atoms with Gasteiger partial charge in [0, 0.05) is 6.54 Å². The maximum Gasteiger partial charge on any atom is 0.360 e. The molecule has 2 N–H and O–H groups in total. The highest BCUT2D eigenvalue weighted by molar-refractivity contribution is 9.10. The van der Waals surface area contributed by atoms with E-state index in [0.717, 1.165) is 0 Å². The molecule has 0 spiro atoms. The fourth-order valence-electron chi connectivity index (χ4n) is 1.02. The van der Waals surface area contributed by atoms with E-state index in [-0.39, 0.29) is 5.69 Å². The van der Waals surface area contributed by atoms with E-state index in [1.54, 1.807) is 6.92 Å². The van der Waals surface area contributed by atoms with Gasteiger partial charge in [-0.15, -0.1) is 0 Å². The van der Waals surface area contributed by atoms with E-state index in [0.29, 0.717) is 23.4 Å². The largest absolute Gasteiger partial charge is 0.461 e. The van der Waals surface area contributed by atoms with Crippen molar-refractivity contribution in [2.24, 2.45) is 0 Å². The Bertz CT molecular complexity index is 349. The van der Waals surface area contributed by atoms with Crippen LogP contribution in [0.1, 0.15) is 24.3 Å². The van der Waals surface area contributed by atoms with Crippen molar-refractivity contribution in [2.75, 3.05) is 12.3 Å². The number of nitrogens with zero attached hydrogens (tertiary/aromatic N) is 2.